The first-order chi connectivity index (χ1) is 12.0. The molecule has 26 heavy (non-hydrogen) atoms. The number of nitrogens with zero attached hydrogens (tertiary/aromatic N) is 1. The van der Waals surface area contributed by atoms with Gasteiger partial charge in [0.05, 0.1) is 10.9 Å². The largest absolute Gasteiger partial charge is 0.624 e. The van der Waals surface area contributed by atoms with E-state index >= 15 is 0 Å². The van der Waals surface area contributed by atoms with E-state index in [0.29, 0.717) is 4.74 Å². The van der Waals surface area contributed by atoms with Gasteiger partial charge in [-0.2, -0.15) is 13.2 Å². The Bertz CT molecular complexity index is 896. The third kappa shape index (κ3) is 3.32. The van der Waals surface area contributed by atoms with Gasteiger partial charge in [-0.3, -0.25) is 0 Å². The smallest absolute Gasteiger partial charge is 0.405 e. The molecule has 2 nitrogen and oxygen atoms in total. The zero-order valence-electron chi connectivity index (χ0n) is 12.9. The maximum Gasteiger partial charge on any atom is 0.405 e. The third-order valence-electron chi connectivity index (χ3n) is 4.39. The molecule has 0 bridgehead atoms. The van der Waals surface area contributed by atoms with Crippen LogP contribution in [0.2, 0.25) is 10.0 Å². The summed E-state index contributed by atoms with van der Waals surface area (Å²) in [4.78, 5) is 0. The van der Waals surface area contributed by atoms with Crippen LogP contribution in [0, 0.1) is 11.0 Å². The molecule has 0 radical (unpaired) electrons. The van der Waals surface area contributed by atoms with Crippen molar-refractivity contribution < 1.29 is 22.3 Å². The predicted octanol–water partition coefficient (Wildman–Crippen LogP) is 6.10. The second kappa shape index (κ2) is 6.69. The highest BCUT2D eigenvalue weighted by Gasteiger charge is 2.63. The average Bonchev–Trinajstić information content (AvgIpc) is 2.88. The molecule has 0 saturated heterocycles. The van der Waals surface area contributed by atoms with Crippen LogP contribution in [-0.4, -0.2) is 23.2 Å². The van der Waals surface area contributed by atoms with Gasteiger partial charge in [0.15, 0.2) is 17.7 Å². The molecule has 1 unspecified atom stereocenters. The minimum atomic E-state index is -4.72. The van der Waals surface area contributed by atoms with Gasteiger partial charge in [-0.25, -0.2) is 9.13 Å². The van der Waals surface area contributed by atoms with Crippen molar-refractivity contribution in [1.29, 1.82) is 0 Å². The Balaban J connectivity index is 2.11. The molecule has 0 aliphatic carbocycles. The highest BCUT2D eigenvalue weighted by atomic mass is 79.9. The molecule has 0 fully saturated rings. The molecule has 2 aromatic carbocycles. The van der Waals surface area contributed by atoms with E-state index in [2.05, 4.69) is 15.9 Å². The molecular weight excluding hydrogens is 461 g/mol. The topological polar surface area (TPSA) is 26.1 Å². The van der Waals surface area contributed by atoms with Crippen molar-refractivity contribution in [2.45, 2.75) is 18.0 Å². The fourth-order valence-corrected chi connectivity index (χ4v) is 3.97. The fourth-order valence-electron chi connectivity index (χ4n) is 3.07. The van der Waals surface area contributed by atoms with Crippen LogP contribution in [0.4, 0.5) is 17.6 Å². The summed E-state index contributed by atoms with van der Waals surface area (Å²) in [6, 6.07) is 7.30. The molecule has 0 amide bonds. The molecule has 0 aromatic heterocycles. The summed E-state index contributed by atoms with van der Waals surface area (Å²) < 4.78 is 55.9. The van der Waals surface area contributed by atoms with Gasteiger partial charge >= 0.3 is 6.18 Å². The van der Waals surface area contributed by atoms with E-state index in [4.69, 9.17) is 23.2 Å². The number of hydroxylamine groups is 1. The van der Waals surface area contributed by atoms with E-state index in [1.807, 2.05) is 0 Å². The van der Waals surface area contributed by atoms with E-state index in [-0.39, 0.29) is 31.4 Å². The standard InChI is InChI=1S/C17H10BrCl2F4NO/c18-13-3-9(1-2-14(13)21)15-7-16(8-25(15)26,17(22,23)24)10-4-11(19)6-12(20)5-10/h1-6H,7-8H2. The normalized spacial score (nSPS) is 20.7. The number of halogens is 7. The zero-order chi connectivity index (χ0) is 19.3. The average molecular weight is 471 g/mol. The minimum Gasteiger partial charge on any atom is -0.624 e. The Morgan fingerprint density at radius 2 is 1.69 bits per heavy atom. The van der Waals surface area contributed by atoms with E-state index in [0.717, 1.165) is 18.2 Å². The van der Waals surface area contributed by atoms with Crippen LogP contribution in [0.15, 0.2) is 40.9 Å². The zero-order valence-corrected chi connectivity index (χ0v) is 16.0. The van der Waals surface area contributed by atoms with Crippen LogP contribution in [0.5, 0.6) is 0 Å². The lowest BCUT2D eigenvalue weighted by atomic mass is 9.76. The van der Waals surface area contributed by atoms with Gasteiger partial charge in [-0.05, 0) is 57.9 Å². The Kier molecular flexibility index (Phi) is 5.01. The summed E-state index contributed by atoms with van der Waals surface area (Å²) in [5.41, 5.74) is -2.51. The molecule has 9 heteroatoms. The van der Waals surface area contributed by atoms with Crippen LogP contribution in [-0.2, 0) is 5.41 Å². The van der Waals surface area contributed by atoms with Crippen LogP contribution < -0.4 is 0 Å². The lowest BCUT2D eigenvalue weighted by Crippen LogP contribution is -2.45. The van der Waals surface area contributed by atoms with Crippen molar-refractivity contribution >= 4 is 44.8 Å². The van der Waals surface area contributed by atoms with Gasteiger partial charge in [0.25, 0.3) is 0 Å². The Morgan fingerprint density at radius 1 is 1.08 bits per heavy atom. The van der Waals surface area contributed by atoms with E-state index < -0.39 is 30.4 Å². The van der Waals surface area contributed by atoms with Gasteiger partial charge in [0.1, 0.15) is 5.82 Å². The van der Waals surface area contributed by atoms with Gasteiger partial charge < -0.3 is 5.21 Å². The summed E-state index contributed by atoms with van der Waals surface area (Å²) in [7, 11) is 0. The number of benzene rings is 2. The highest BCUT2D eigenvalue weighted by molar-refractivity contribution is 9.10. The molecule has 1 aliphatic rings. The molecule has 2 aromatic rings. The SMILES string of the molecule is [O-][N+]1=C(c2ccc(F)c(Br)c2)CC(c2cc(Cl)cc(Cl)c2)(C(F)(F)F)C1. The third-order valence-corrected chi connectivity index (χ3v) is 5.44. The second-order valence-electron chi connectivity index (χ2n) is 6.03. The van der Waals surface area contributed by atoms with Crippen molar-refractivity contribution in [3.05, 3.63) is 73.1 Å². The fraction of sp³-hybridized carbons (Fsp3) is 0.235. The second-order valence-corrected chi connectivity index (χ2v) is 7.75. The summed E-state index contributed by atoms with van der Waals surface area (Å²) in [6.07, 6.45) is -5.32. The number of rotatable bonds is 2. The predicted molar refractivity (Wildman–Crippen MR) is 95.5 cm³/mol. The minimum absolute atomic E-state index is 0.0477. The Morgan fingerprint density at radius 3 is 2.23 bits per heavy atom. The quantitative estimate of drug-likeness (QED) is 0.296. The lowest BCUT2D eigenvalue weighted by Gasteiger charge is -2.29. The molecule has 1 heterocycles. The summed E-state index contributed by atoms with van der Waals surface area (Å²) in [6.45, 7) is -0.836. The van der Waals surface area contributed by atoms with Gasteiger partial charge in [-0.15, -0.1) is 0 Å². The summed E-state index contributed by atoms with van der Waals surface area (Å²) in [5, 5.41) is 12.5. The molecule has 0 N–H and O–H groups in total. The molecule has 0 spiro atoms. The maximum absolute atomic E-state index is 14.0. The van der Waals surface area contributed by atoms with Crippen molar-refractivity contribution in [3.63, 3.8) is 0 Å². The van der Waals surface area contributed by atoms with Crippen LogP contribution in [0.25, 0.3) is 0 Å². The van der Waals surface area contributed by atoms with E-state index in [1.54, 1.807) is 0 Å². The van der Waals surface area contributed by atoms with Crippen LogP contribution >= 0.6 is 39.1 Å². The van der Waals surface area contributed by atoms with Gasteiger partial charge in [0.2, 0.25) is 0 Å². The van der Waals surface area contributed by atoms with Crippen molar-refractivity contribution in [2.75, 3.05) is 6.54 Å². The number of hydrogen-bond donors (Lipinski definition) is 0. The summed E-state index contributed by atoms with van der Waals surface area (Å²) in [5.74, 6) is -0.575. The van der Waals surface area contributed by atoms with E-state index in [1.165, 1.54) is 18.2 Å². The molecule has 0 saturated carbocycles. The Hall–Kier alpha value is -1.31. The van der Waals surface area contributed by atoms with Gasteiger partial charge in [-0.1, -0.05) is 23.2 Å². The molecule has 138 valence electrons. The summed E-state index contributed by atoms with van der Waals surface area (Å²) >= 11 is 14.7. The Labute approximate surface area is 164 Å². The highest BCUT2D eigenvalue weighted by Crippen LogP contribution is 2.48. The van der Waals surface area contributed by atoms with Crippen molar-refractivity contribution in [2.24, 2.45) is 0 Å². The van der Waals surface area contributed by atoms with Crippen molar-refractivity contribution in [1.82, 2.24) is 0 Å². The first-order valence-electron chi connectivity index (χ1n) is 7.33. The monoisotopic (exact) mass is 469 g/mol. The first kappa shape index (κ1) is 19.5. The molecular formula is C17H10BrCl2F4NO. The lowest BCUT2D eigenvalue weighted by molar-refractivity contribution is -0.465. The van der Waals surface area contributed by atoms with Crippen LogP contribution in [0.3, 0.4) is 0 Å². The first-order valence-corrected chi connectivity index (χ1v) is 8.87. The van der Waals surface area contributed by atoms with Crippen LogP contribution in [0.1, 0.15) is 17.5 Å². The number of alkyl halides is 3. The molecule has 3 rings (SSSR count). The van der Waals surface area contributed by atoms with Crippen molar-refractivity contribution in [3.8, 4) is 0 Å². The maximum atomic E-state index is 14.0. The molecule has 1 atom stereocenters. The molecule has 1 aliphatic heterocycles. The van der Waals surface area contributed by atoms with Gasteiger partial charge in [0, 0.05) is 15.6 Å². The number of hydrogen-bond acceptors (Lipinski definition) is 1. The van der Waals surface area contributed by atoms with E-state index in [9.17, 15) is 22.8 Å².